The van der Waals surface area contributed by atoms with Crippen molar-refractivity contribution in [3.05, 3.63) is 95.2 Å². The Hall–Kier alpha value is -4.52. The van der Waals surface area contributed by atoms with Gasteiger partial charge in [-0.15, -0.1) is 0 Å². The molecule has 3 aromatic carbocycles. The van der Waals surface area contributed by atoms with Crippen LogP contribution < -0.4 is 5.73 Å². The summed E-state index contributed by atoms with van der Waals surface area (Å²) in [6, 6.07) is 22.6. The third-order valence-electron chi connectivity index (χ3n) is 6.03. The topological polar surface area (TPSA) is 108 Å². The fourth-order valence-electron chi connectivity index (χ4n) is 4.49. The van der Waals surface area contributed by atoms with E-state index in [1.165, 1.54) is 6.07 Å². The monoisotopic (exact) mass is 468 g/mol. The van der Waals surface area contributed by atoms with Gasteiger partial charge in [-0.05, 0) is 35.2 Å². The molecule has 2 N–H and O–H groups in total. The van der Waals surface area contributed by atoms with Crippen LogP contribution in [-0.4, -0.2) is 35.1 Å². The Kier molecular flexibility index (Phi) is 6.59. The zero-order valence-corrected chi connectivity index (χ0v) is 19.4. The summed E-state index contributed by atoms with van der Waals surface area (Å²) < 4.78 is 6.52. The first-order valence-electron chi connectivity index (χ1n) is 11.1. The van der Waals surface area contributed by atoms with E-state index in [4.69, 9.17) is 5.73 Å². The maximum atomic E-state index is 13.0. The van der Waals surface area contributed by atoms with Crippen LogP contribution in [0, 0.1) is 0 Å². The van der Waals surface area contributed by atoms with Gasteiger partial charge in [-0.2, -0.15) is 0 Å². The highest BCUT2D eigenvalue weighted by Gasteiger charge is 2.30. The van der Waals surface area contributed by atoms with E-state index in [2.05, 4.69) is 4.74 Å². The van der Waals surface area contributed by atoms with Crippen LogP contribution in [0.5, 0.6) is 0 Å². The van der Waals surface area contributed by atoms with Crippen molar-refractivity contribution in [1.29, 1.82) is 0 Å². The van der Waals surface area contributed by atoms with Crippen molar-refractivity contribution in [2.45, 2.75) is 19.9 Å². The largest absolute Gasteiger partial charge is 0.463 e. The number of ketones is 2. The SMILES string of the molecule is CCc1c(C(=O)C(N)=O)c2c(C(=O)C(=O)OC)cccc2n1Cc1ccccc1-c1ccccc1. The van der Waals surface area contributed by atoms with Gasteiger partial charge in [0.1, 0.15) is 0 Å². The summed E-state index contributed by atoms with van der Waals surface area (Å²) in [4.78, 5) is 49.9. The quantitative estimate of drug-likeness (QED) is 0.239. The highest BCUT2D eigenvalue weighted by Crippen LogP contribution is 2.33. The minimum Gasteiger partial charge on any atom is -0.463 e. The van der Waals surface area contributed by atoms with E-state index in [0.717, 1.165) is 23.8 Å². The molecule has 35 heavy (non-hydrogen) atoms. The number of fused-ring (bicyclic) bond motifs is 1. The first kappa shape index (κ1) is 23.6. The van der Waals surface area contributed by atoms with Gasteiger partial charge >= 0.3 is 5.97 Å². The number of Topliss-reactive ketones (excluding diaryl/α,β-unsaturated/α-hetero) is 2. The Morgan fingerprint density at radius 2 is 1.54 bits per heavy atom. The minimum absolute atomic E-state index is 0.0104. The smallest absolute Gasteiger partial charge is 0.379 e. The van der Waals surface area contributed by atoms with Gasteiger partial charge in [0.05, 0.1) is 18.2 Å². The van der Waals surface area contributed by atoms with E-state index in [1.54, 1.807) is 12.1 Å². The first-order valence-corrected chi connectivity index (χ1v) is 11.1. The maximum absolute atomic E-state index is 13.0. The average Bonchev–Trinajstić information content (AvgIpc) is 3.21. The second-order valence-electron chi connectivity index (χ2n) is 8.00. The van der Waals surface area contributed by atoms with E-state index >= 15 is 0 Å². The zero-order valence-electron chi connectivity index (χ0n) is 19.4. The number of benzene rings is 3. The van der Waals surface area contributed by atoms with Gasteiger partial charge in [-0.25, -0.2) is 4.79 Å². The number of nitrogens with two attached hydrogens (primary N) is 1. The van der Waals surface area contributed by atoms with Gasteiger partial charge < -0.3 is 15.0 Å². The molecule has 4 rings (SSSR count). The number of carbonyl (C=O) groups is 4. The molecule has 4 aromatic rings. The lowest BCUT2D eigenvalue weighted by Gasteiger charge is -2.15. The molecule has 0 radical (unpaired) electrons. The van der Waals surface area contributed by atoms with Gasteiger partial charge in [-0.3, -0.25) is 14.4 Å². The Morgan fingerprint density at radius 1 is 0.857 bits per heavy atom. The molecular weight excluding hydrogens is 444 g/mol. The highest BCUT2D eigenvalue weighted by atomic mass is 16.5. The Labute approximate surface area is 202 Å². The molecular formula is C28H24N2O5. The summed E-state index contributed by atoms with van der Waals surface area (Å²) in [6.07, 6.45) is 0.391. The lowest BCUT2D eigenvalue weighted by Crippen LogP contribution is -2.25. The van der Waals surface area contributed by atoms with E-state index in [9.17, 15) is 19.2 Å². The second-order valence-corrected chi connectivity index (χ2v) is 8.00. The lowest BCUT2D eigenvalue weighted by molar-refractivity contribution is -0.135. The number of hydrogen-bond acceptors (Lipinski definition) is 5. The second kappa shape index (κ2) is 9.77. The van der Waals surface area contributed by atoms with Crippen molar-refractivity contribution < 1.29 is 23.9 Å². The third-order valence-corrected chi connectivity index (χ3v) is 6.03. The molecule has 0 aliphatic heterocycles. The van der Waals surface area contributed by atoms with Gasteiger partial charge in [0.15, 0.2) is 0 Å². The number of hydrogen-bond donors (Lipinski definition) is 1. The molecule has 7 heteroatoms. The number of carbonyl (C=O) groups excluding carboxylic acids is 4. The third kappa shape index (κ3) is 4.24. The molecule has 7 nitrogen and oxygen atoms in total. The molecule has 0 unspecified atom stereocenters. The number of amides is 1. The summed E-state index contributed by atoms with van der Waals surface area (Å²) in [5, 5.41) is 0.223. The Balaban J connectivity index is 2.00. The van der Waals surface area contributed by atoms with Gasteiger partial charge in [0.25, 0.3) is 17.5 Å². The van der Waals surface area contributed by atoms with Crippen molar-refractivity contribution >= 4 is 34.3 Å². The highest BCUT2D eigenvalue weighted by molar-refractivity contribution is 6.48. The molecule has 1 aromatic heterocycles. The molecule has 0 bridgehead atoms. The predicted octanol–water partition coefficient (Wildman–Crippen LogP) is 3.94. The number of ether oxygens (including phenoxy) is 1. The van der Waals surface area contributed by atoms with Crippen molar-refractivity contribution in [3.63, 3.8) is 0 Å². The molecule has 0 atom stereocenters. The van der Waals surface area contributed by atoms with Crippen LogP contribution in [0.1, 0.15) is 38.9 Å². The maximum Gasteiger partial charge on any atom is 0.379 e. The van der Waals surface area contributed by atoms with Crippen LogP contribution in [0.4, 0.5) is 0 Å². The van der Waals surface area contributed by atoms with Crippen LogP contribution in [0.2, 0.25) is 0 Å². The first-order chi connectivity index (χ1) is 16.9. The molecule has 0 saturated carbocycles. The summed E-state index contributed by atoms with van der Waals surface area (Å²) in [6.45, 7) is 2.22. The predicted molar refractivity (Wildman–Crippen MR) is 132 cm³/mol. The van der Waals surface area contributed by atoms with Crippen molar-refractivity contribution in [1.82, 2.24) is 4.57 Å². The van der Waals surface area contributed by atoms with Crippen LogP contribution in [-0.2, 0) is 27.3 Å². The summed E-state index contributed by atoms with van der Waals surface area (Å²) >= 11 is 0. The van der Waals surface area contributed by atoms with E-state index in [-0.39, 0.29) is 16.5 Å². The van der Waals surface area contributed by atoms with Crippen LogP contribution in [0.3, 0.4) is 0 Å². The molecule has 0 aliphatic carbocycles. The van der Waals surface area contributed by atoms with E-state index in [1.807, 2.05) is 66.1 Å². The van der Waals surface area contributed by atoms with Crippen LogP contribution in [0.25, 0.3) is 22.0 Å². The summed E-state index contributed by atoms with van der Waals surface area (Å²) in [5.74, 6) is -4.01. The minimum atomic E-state index is -1.14. The number of nitrogens with zero attached hydrogens (tertiary/aromatic N) is 1. The molecule has 0 fully saturated rings. The lowest BCUT2D eigenvalue weighted by atomic mass is 9.98. The van der Waals surface area contributed by atoms with Gasteiger partial charge in [0.2, 0.25) is 0 Å². The zero-order chi connectivity index (χ0) is 25.1. The van der Waals surface area contributed by atoms with Crippen LogP contribution >= 0.6 is 0 Å². The van der Waals surface area contributed by atoms with Gasteiger partial charge in [-0.1, -0.05) is 67.6 Å². The van der Waals surface area contributed by atoms with Crippen molar-refractivity contribution in [2.24, 2.45) is 5.73 Å². The molecule has 176 valence electrons. The van der Waals surface area contributed by atoms with E-state index in [0.29, 0.717) is 24.2 Å². The number of aromatic nitrogens is 1. The standard InChI is InChI=1S/C28H24N2O5/c1-3-21-24(26(32)27(29)33)23-20(25(31)28(34)35-2)14-9-15-22(23)30(21)16-18-12-7-8-13-19(18)17-10-5-4-6-11-17/h4-15H,3,16H2,1-2H3,(H2,29,33). The summed E-state index contributed by atoms with van der Waals surface area (Å²) in [5.41, 5.74) is 9.54. The number of esters is 1. The molecule has 1 heterocycles. The van der Waals surface area contributed by atoms with Crippen molar-refractivity contribution in [3.8, 4) is 11.1 Å². The van der Waals surface area contributed by atoms with Gasteiger partial charge in [0, 0.05) is 23.2 Å². The molecule has 0 spiro atoms. The van der Waals surface area contributed by atoms with E-state index < -0.39 is 23.4 Å². The number of rotatable bonds is 8. The normalized spacial score (nSPS) is 10.8. The summed E-state index contributed by atoms with van der Waals surface area (Å²) in [7, 11) is 1.11. The number of primary amides is 1. The van der Waals surface area contributed by atoms with Crippen LogP contribution in [0.15, 0.2) is 72.8 Å². The van der Waals surface area contributed by atoms with Crippen molar-refractivity contribution in [2.75, 3.05) is 7.11 Å². The molecule has 0 aliphatic rings. The number of methoxy groups -OCH3 is 1. The fraction of sp³-hybridized carbons (Fsp3) is 0.143. The molecule has 0 saturated heterocycles. The Morgan fingerprint density at radius 3 is 2.20 bits per heavy atom. The Bertz CT molecular complexity index is 1470. The fourth-order valence-corrected chi connectivity index (χ4v) is 4.49. The average molecular weight is 469 g/mol. The molecule has 1 amide bonds.